The van der Waals surface area contributed by atoms with Crippen LogP contribution in [0.2, 0.25) is 10.0 Å². The van der Waals surface area contributed by atoms with Crippen LogP contribution >= 0.6 is 23.2 Å². The fourth-order valence-electron chi connectivity index (χ4n) is 1.64. The molecule has 5 nitrogen and oxygen atoms in total. The van der Waals surface area contributed by atoms with E-state index in [0.717, 1.165) is 5.56 Å². The van der Waals surface area contributed by atoms with Gasteiger partial charge in [-0.05, 0) is 37.6 Å². The van der Waals surface area contributed by atoms with E-state index < -0.39 is 0 Å². The molecule has 2 aromatic rings. The Hall–Kier alpha value is -1.30. The van der Waals surface area contributed by atoms with Gasteiger partial charge in [0.25, 0.3) is 0 Å². The Kier molecular flexibility index (Phi) is 4.63. The van der Waals surface area contributed by atoms with Crippen molar-refractivity contribution in [2.75, 3.05) is 6.54 Å². The molecule has 0 aliphatic rings. The molecule has 0 unspecified atom stereocenters. The molecule has 0 aliphatic carbocycles. The second-order valence-electron chi connectivity index (χ2n) is 4.00. The highest BCUT2D eigenvalue weighted by atomic mass is 35.5. The lowest BCUT2D eigenvalue weighted by atomic mass is 10.1. The van der Waals surface area contributed by atoms with Crippen LogP contribution in [0.4, 0.5) is 0 Å². The molecule has 1 aromatic carbocycles. The van der Waals surface area contributed by atoms with E-state index in [-0.39, 0.29) is 6.61 Å². The zero-order chi connectivity index (χ0) is 13.8. The molecule has 1 aromatic heterocycles. The molecule has 0 amide bonds. The van der Waals surface area contributed by atoms with E-state index in [2.05, 4.69) is 14.9 Å². The second kappa shape index (κ2) is 6.23. The maximum Gasteiger partial charge on any atom is 0.145 e. The molecule has 1 heterocycles. The standard InChI is InChI=1S/C12H13Cl2N3O2/c1-7-11(17-19-16-7)6-18-12-8(2-3-15)4-9(13)5-10(12)14/h4-5H,2-3,6,15H2,1H3. The number of benzene rings is 1. The highest BCUT2D eigenvalue weighted by Crippen LogP contribution is 2.33. The van der Waals surface area contributed by atoms with Crippen molar-refractivity contribution in [2.45, 2.75) is 20.0 Å². The van der Waals surface area contributed by atoms with E-state index in [1.54, 1.807) is 19.1 Å². The smallest absolute Gasteiger partial charge is 0.145 e. The van der Waals surface area contributed by atoms with Gasteiger partial charge in [-0.15, -0.1) is 0 Å². The normalized spacial score (nSPS) is 10.7. The summed E-state index contributed by atoms with van der Waals surface area (Å²) in [5, 5.41) is 8.44. The van der Waals surface area contributed by atoms with Crippen LogP contribution in [0.5, 0.6) is 5.75 Å². The first-order chi connectivity index (χ1) is 9.11. The Bertz CT molecular complexity index is 572. The minimum Gasteiger partial charge on any atom is -0.485 e. The highest BCUT2D eigenvalue weighted by molar-refractivity contribution is 6.35. The highest BCUT2D eigenvalue weighted by Gasteiger charge is 2.13. The van der Waals surface area contributed by atoms with Crippen LogP contribution in [0.25, 0.3) is 0 Å². The molecule has 0 bridgehead atoms. The Morgan fingerprint density at radius 3 is 2.74 bits per heavy atom. The van der Waals surface area contributed by atoms with Crippen LogP contribution in [0.3, 0.4) is 0 Å². The molecule has 0 spiro atoms. The van der Waals surface area contributed by atoms with Crippen LogP contribution in [0.15, 0.2) is 16.8 Å². The Balaban J connectivity index is 2.21. The number of halogens is 2. The van der Waals surface area contributed by atoms with Gasteiger partial charge in [0, 0.05) is 5.02 Å². The van der Waals surface area contributed by atoms with Crippen molar-refractivity contribution in [2.24, 2.45) is 5.73 Å². The van der Waals surface area contributed by atoms with E-state index in [1.807, 2.05) is 0 Å². The molecule has 0 radical (unpaired) electrons. The monoisotopic (exact) mass is 301 g/mol. The van der Waals surface area contributed by atoms with Crippen LogP contribution in [-0.2, 0) is 13.0 Å². The summed E-state index contributed by atoms with van der Waals surface area (Å²) in [5.74, 6) is 0.568. The number of rotatable bonds is 5. The van der Waals surface area contributed by atoms with Gasteiger partial charge in [0.1, 0.15) is 23.7 Å². The van der Waals surface area contributed by atoms with Crippen LogP contribution < -0.4 is 10.5 Å². The largest absolute Gasteiger partial charge is 0.485 e. The van der Waals surface area contributed by atoms with Gasteiger partial charge in [0.05, 0.1) is 5.02 Å². The lowest BCUT2D eigenvalue weighted by Crippen LogP contribution is -2.06. The maximum absolute atomic E-state index is 6.14. The van der Waals surface area contributed by atoms with E-state index in [9.17, 15) is 0 Å². The van der Waals surface area contributed by atoms with E-state index in [1.165, 1.54) is 0 Å². The molecule has 0 fully saturated rings. The van der Waals surface area contributed by atoms with E-state index in [4.69, 9.17) is 33.7 Å². The third-order valence-electron chi connectivity index (χ3n) is 2.60. The van der Waals surface area contributed by atoms with Gasteiger partial charge in [-0.25, -0.2) is 4.63 Å². The summed E-state index contributed by atoms with van der Waals surface area (Å²) in [6.45, 7) is 2.51. The number of aromatic nitrogens is 2. The number of nitrogens with zero attached hydrogens (tertiary/aromatic N) is 2. The predicted molar refractivity (Wildman–Crippen MR) is 72.6 cm³/mol. The van der Waals surface area contributed by atoms with Crippen LogP contribution in [0, 0.1) is 6.92 Å². The molecule has 7 heteroatoms. The Morgan fingerprint density at radius 2 is 2.11 bits per heavy atom. The summed E-state index contributed by atoms with van der Waals surface area (Å²) in [4.78, 5) is 0. The first kappa shape index (κ1) is 14.1. The summed E-state index contributed by atoms with van der Waals surface area (Å²) < 4.78 is 10.3. The first-order valence-corrected chi connectivity index (χ1v) is 6.46. The molecule has 19 heavy (non-hydrogen) atoms. The fraction of sp³-hybridized carbons (Fsp3) is 0.333. The molecule has 102 valence electrons. The molecule has 0 atom stereocenters. The number of ether oxygens (including phenoxy) is 1. The average Bonchev–Trinajstić information content (AvgIpc) is 2.74. The fourth-order valence-corrected chi connectivity index (χ4v) is 2.23. The van der Waals surface area contributed by atoms with Crippen LogP contribution in [-0.4, -0.2) is 16.9 Å². The topological polar surface area (TPSA) is 74.2 Å². The van der Waals surface area contributed by atoms with Crippen molar-refractivity contribution < 1.29 is 9.37 Å². The van der Waals surface area contributed by atoms with E-state index in [0.29, 0.717) is 40.1 Å². The van der Waals surface area contributed by atoms with Crippen molar-refractivity contribution in [3.63, 3.8) is 0 Å². The van der Waals surface area contributed by atoms with Gasteiger partial charge < -0.3 is 10.5 Å². The third kappa shape index (κ3) is 3.37. The molecular formula is C12H13Cl2N3O2. The molecule has 0 aliphatic heterocycles. The molecule has 0 saturated carbocycles. The summed E-state index contributed by atoms with van der Waals surface area (Å²) in [6, 6.07) is 3.43. The minimum absolute atomic E-state index is 0.230. The lowest BCUT2D eigenvalue weighted by Gasteiger charge is -2.12. The summed E-state index contributed by atoms with van der Waals surface area (Å²) in [5.41, 5.74) is 7.75. The molecular weight excluding hydrogens is 289 g/mol. The van der Waals surface area contributed by atoms with Crippen molar-refractivity contribution >= 4 is 23.2 Å². The van der Waals surface area contributed by atoms with Crippen molar-refractivity contribution in [3.8, 4) is 5.75 Å². The van der Waals surface area contributed by atoms with Crippen molar-refractivity contribution in [3.05, 3.63) is 39.1 Å². The van der Waals surface area contributed by atoms with Crippen molar-refractivity contribution in [1.29, 1.82) is 0 Å². The van der Waals surface area contributed by atoms with Gasteiger partial charge in [0.2, 0.25) is 0 Å². The number of hydrogen-bond donors (Lipinski definition) is 1. The first-order valence-electron chi connectivity index (χ1n) is 5.70. The zero-order valence-corrected chi connectivity index (χ0v) is 11.8. The van der Waals surface area contributed by atoms with Crippen LogP contribution in [0.1, 0.15) is 17.0 Å². The third-order valence-corrected chi connectivity index (χ3v) is 3.10. The maximum atomic E-state index is 6.14. The number of hydrogen-bond acceptors (Lipinski definition) is 5. The number of aryl methyl sites for hydroxylation is 1. The van der Waals surface area contributed by atoms with Gasteiger partial charge in [-0.1, -0.05) is 33.5 Å². The quantitative estimate of drug-likeness (QED) is 0.919. The Morgan fingerprint density at radius 1 is 1.32 bits per heavy atom. The SMILES string of the molecule is Cc1nonc1COc1c(Cl)cc(Cl)cc1CCN. The Labute approximate surface area is 120 Å². The van der Waals surface area contributed by atoms with Gasteiger partial charge in [0.15, 0.2) is 0 Å². The second-order valence-corrected chi connectivity index (χ2v) is 4.84. The minimum atomic E-state index is 0.230. The zero-order valence-electron chi connectivity index (χ0n) is 10.3. The van der Waals surface area contributed by atoms with Crippen molar-refractivity contribution in [1.82, 2.24) is 10.3 Å². The van der Waals surface area contributed by atoms with Gasteiger partial charge in [-0.2, -0.15) is 0 Å². The lowest BCUT2D eigenvalue weighted by molar-refractivity contribution is 0.268. The summed E-state index contributed by atoms with van der Waals surface area (Å²) in [6.07, 6.45) is 0.631. The summed E-state index contributed by atoms with van der Waals surface area (Å²) in [7, 11) is 0. The predicted octanol–water partition coefficient (Wildman–Crippen LogP) is 2.77. The molecule has 2 rings (SSSR count). The molecule has 2 N–H and O–H groups in total. The van der Waals surface area contributed by atoms with E-state index >= 15 is 0 Å². The summed E-state index contributed by atoms with van der Waals surface area (Å²) >= 11 is 12.1. The van der Waals surface area contributed by atoms with Gasteiger partial charge in [-0.3, -0.25) is 0 Å². The number of nitrogens with two attached hydrogens (primary N) is 1. The average molecular weight is 302 g/mol. The molecule has 0 saturated heterocycles. The van der Waals surface area contributed by atoms with Gasteiger partial charge >= 0.3 is 0 Å².